The van der Waals surface area contributed by atoms with Crippen LogP contribution in [0.2, 0.25) is 0 Å². The van der Waals surface area contributed by atoms with Gasteiger partial charge in [-0.1, -0.05) is 0 Å². The van der Waals surface area contributed by atoms with Crippen molar-refractivity contribution in [3.05, 3.63) is 29.6 Å². The summed E-state index contributed by atoms with van der Waals surface area (Å²) in [5.74, 6) is -0.438. The molecule has 0 aliphatic carbocycles. The van der Waals surface area contributed by atoms with Crippen LogP contribution < -0.4 is 4.90 Å². The summed E-state index contributed by atoms with van der Waals surface area (Å²) in [4.78, 5) is 1.64. The molecule has 0 radical (unpaired) electrons. The zero-order valence-electron chi connectivity index (χ0n) is 9.85. The Balaban J connectivity index is 2.81. The fourth-order valence-corrected chi connectivity index (χ4v) is 1.98. The average molecular weight is 261 g/mol. The van der Waals surface area contributed by atoms with Crippen molar-refractivity contribution in [3.63, 3.8) is 0 Å². The minimum Gasteiger partial charge on any atom is -0.392 e. The van der Waals surface area contributed by atoms with E-state index in [4.69, 9.17) is 5.11 Å². The van der Waals surface area contributed by atoms with Crippen LogP contribution in [0.25, 0.3) is 0 Å². The normalized spacial score (nSPS) is 11.5. The molecule has 1 rings (SSSR count). The molecule has 17 heavy (non-hydrogen) atoms. The summed E-state index contributed by atoms with van der Waals surface area (Å²) in [7, 11) is -1.36. The zero-order valence-corrected chi connectivity index (χ0v) is 10.7. The van der Waals surface area contributed by atoms with Gasteiger partial charge in [-0.25, -0.2) is 12.8 Å². The summed E-state index contributed by atoms with van der Waals surface area (Å²) in [5, 5.41) is 8.95. The van der Waals surface area contributed by atoms with Crippen molar-refractivity contribution >= 4 is 15.5 Å². The molecule has 4 nitrogen and oxygen atoms in total. The first-order valence-corrected chi connectivity index (χ1v) is 7.17. The minimum absolute atomic E-state index is 0.00840. The van der Waals surface area contributed by atoms with Crippen LogP contribution in [0.4, 0.5) is 10.1 Å². The largest absolute Gasteiger partial charge is 0.392 e. The summed E-state index contributed by atoms with van der Waals surface area (Å²) in [6, 6.07) is 4.18. The fraction of sp³-hybridized carbons (Fsp3) is 0.455. The molecular formula is C11H16FNO3S. The Bertz CT molecular complexity index is 487. The maximum Gasteiger partial charge on any atom is 0.149 e. The number of hydrogen-bond donors (Lipinski definition) is 1. The first-order chi connectivity index (χ1) is 7.81. The Morgan fingerprint density at radius 3 is 2.53 bits per heavy atom. The number of benzene rings is 1. The maximum atomic E-state index is 13.2. The molecule has 0 aliphatic rings. The first kappa shape index (κ1) is 13.9. The van der Waals surface area contributed by atoms with Gasteiger partial charge < -0.3 is 10.0 Å². The summed E-state index contributed by atoms with van der Waals surface area (Å²) < 4.78 is 35.2. The molecule has 0 heterocycles. The summed E-state index contributed by atoms with van der Waals surface area (Å²) in [6.45, 7) is 0.0395. The highest BCUT2D eigenvalue weighted by Crippen LogP contribution is 2.17. The lowest BCUT2D eigenvalue weighted by Crippen LogP contribution is -2.25. The van der Waals surface area contributed by atoms with Crippen molar-refractivity contribution in [1.29, 1.82) is 0 Å². The quantitative estimate of drug-likeness (QED) is 0.851. The predicted octanol–water partition coefficient (Wildman–Crippen LogP) is 0.799. The number of rotatable bonds is 5. The molecular weight excluding hydrogens is 245 g/mol. The summed E-state index contributed by atoms with van der Waals surface area (Å²) in [6.07, 6.45) is 1.16. The van der Waals surface area contributed by atoms with E-state index in [0.717, 1.165) is 6.26 Å². The molecule has 0 spiro atoms. The Labute approximate surface area is 101 Å². The zero-order chi connectivity index (χ0) is 13.1. The molecule has 0 saturated heterocycles. The van der Waals surface area contributed by atoms with Crippen molar-refractivity contribution in [2.75, 3.05) is 30.5 Å². The van der Waals surface area contributed by atoms with E-state index < -0.39 is 15.7 Å². The molecule has 0 atom stereocenters. The van der Waals surface area contributed by atoms with Crippen LogP contribution in [-0.4, -0.2) is 39.1 Å². The smallest absolute Gasteiger partial charge is 0.149 e. The highest BCUT2D eigenvalue weighted by molar-refractivity contribution is 7.90. The second-order valence-corrected chi connectivity index (χ2v) is 6.29. The van der Waals surface area contributed by atoms with Crippen molar-refractivity contribution in [3.8, 4) is 0 Å². The second-order valence-electron chi connectivity index (χ2n) is 4.03. The molecule has 0 unspecified atom stereocenters. The first-order valence-electron chi connectivity index (χ1n) is 5.11. The van der Waals surface area contributed by atoms with Gasteiger partial charge in [0, 0.05) is 25.5 Å². The highest BCUT2D eigenvalue weighted by Gasteiger charge is 2.08. The van der Waals surface area contributed by atoms with E-state index in [1.165, 1.54) is 12.1 Å². The van der Waals surface area contributed by atoms with Crippen molar-refractivity contribution in [1.82, 2.24) is 0 Å². The standard InChI is InChI=1S/C11H16FNO3S/c1-13(3-4-17(2,15)16)11-6-9(8-14)5-10(12)7-11/h5-7,14H,3-4,8H2,1-2H3. The molecule has 1 aromatic carbocycles. The molecule has 0 bridgehead atoms. The molecule has 96 valence electrons. The second kappa shape index (κ2) is 5.46. The van der Waals surface area contributed by atoms with Crippen LogP contribution in [-0.2, 0) is 16.4 Å². The van der Waals surface area contributed by atoms with Crippen molar-refractivity contribution in [2.45, 2.75) is 6.61 Å². The molecule has 0 fully saturated rings. The van der Waals surface area contributed by atoms with Gasteiger partial charge in [0.15, 0.2) is 0 Å². The fourth-order valence-electron chi connectivity index (χ4n) is 1.38. The van der Waals surface area contributed by atoms with Crippen LogP contribution in [0.3, 0.4) is 0 Å². The number of hydrogen-bond acceptors (Lipinski definition) is 4. The number of anilines is 1. The van der Waals surface area contributed by atoms with E-state index in [2.05, 4.69) is 0 Å². The van der Waals surface area contributed by atoms with Gasteiger partial charge in [-0.2, -0.15) is 0 Å². The Hall–Kier alpha value is -1.14. The number of nitrogens with zero attached hydrogens (tertiary/aromatic N) is 1. The van der Waals surface area contributed by atoms with Gasteiger partial charge in [-0.3, -0.25) is 0 Å². The number of aliphatic hydroxyl groups is 1. The highest BCUT2D eigenvalue weighted by atomic mass is 32.2. The Kier molecular flexibility index (Phi) is 4.47. The Morgan fingerprint density at radius 1 is 1.35 bits per heavy atom. The lowest BCUT2D eigenvalue weighted by molar-refractivity contribution is 0.281. The third-order valence-electron chi connectivity index (χ3n) is 2.36. The van der Waals surface area contributed by atoms with Crippen molar-refractivity contribution < 1.29 is 17.9 Å². The van der Waals surface area contributed by atoms with Crippen LogP contribution in [0, 0.1) is 5.82 Å². The van der Waals surface area contributed by atoms with Gasteiger partial charge in [0.25, 0.3) is 0 Å². The number of halogens is 1. The summed E-state index contributed by atoms with van der Waals surface area (Å²) in [5.41, 5.74) is 1.02. The van der Waals surface area contributed by atoms with Crippen molar-refractivity contribution in [2.24, 2.45) is 0 Å². The molecule has 0 aliphatic heterocycles. The third kappa shape index (κ3) is 4.70. The van der Waals surface area contributed by atoms with E-state index in [1.54, 1.807) is 18.0 Å². The lowest BCUT2D eigenvalue weighted by Gasteiger charge is -2.19. The third-order valence-corrected chi connectivity index (χ3v) is 3.29. The molecule has 6 heteroatoms. The van der Waals surface area contributed by atoms with Gasteiger partial charge in [0.2, 0.25) is 0 Å². The SMILES string of the molecule is CN(CCS(C)(=O)=O)c1cc(F)cc(CO)c1. The molecule has 0 aromatic heterocycles. The van der Waals surface area contributed by atoms with Gasteiger partial charge in [-0.15, -0.1) is 0 Å². The van der Waals surface area contributed by atoms with Gasteiger partial charge in [-0.05, 0) is 23.8 Å². The van der Waals surface area contributed by atoms with Gasteiger partial charge in [0.05, 0.1) is 12.4 Å². The predicted molar refractivity (Wildman–Crippen MR) is 65.3 cm³/mol. The minimum atomic E-state index is -3.04. The monoisotopic (exact) mass is 261 g/mol. The van der Waals surface area contributed by atoms with Crippen LogP contribution >= 0.6 is 0 Å². The van der Waals surface area contributed by atoms with Gasteiger partial charge in [0.1, 0.15) is 15.7 Å². The van der Waals surface area contributed by atoms with Crippen LogP contribution in [0.1, 0.15) is 5.56 Å². The molecule has 1 aromatic rings. The maximum absolute atomic E-state index is 13.2. The topological polar surface area (TPSA) is 57.6 Å². The van der Waals surface area contributed by atoms with E-state index in [0.29, 0.717) is 11.3 Å². The molecule has 0 saturated carbocycles. The Morgan fingerprint density at radius 2 is 2.00 bits per heavy atom. The van der Waals surface area contributed by atoms with Crippen LogP contribution in [0.5, 0.6) is 0 Å². The lowest BCUT2D eigenvalue weighted by atomic mass is 10.2. The number of sulfone groups is 1. The summed E-state index contributed by atoms with van der Waals surface area (Å²) >= 11 is 0. The van der Waals surface area contributed by atoms with Crippen LogP contribution in [0.15, 0.2) is 18.2 Å². The molecule has 1 N–H and O–H groups in total. The number of aliphatic hydroxyl groups excluding tert-OH is 1. The van der Waals surface area contributed by atoms with E-state index in [9.17, 15) is 12.8 Å². The van der Waals surface area contributed by atoms with Gasteiger partial charge >= 0.3 is 0 Å². The van der Waals surface area contributed by atoms with E-state index in [-0.39, 0.29) is 18.9 Å². The van der Waals surface area contributed by atoms with E-state index >= 15 is 0 Å². The van der Waals surface area contributed by atoms with E-state index in [1.807, 2.05) is 0 Å². The average Bonchev–Trinajstić information content (AvgIpc) is 2.23. The molecule has 0 amide bonds.